The monoisotopic (exact) mass is 381 g/mol. The van der Waals surface area contributed by atoms with Crippen molar-refractivity contribution in [3.8, 4) is 0 Å². The van der Waals surface area contributed by atoms with E-state index in [4.69, 9.17) is 5.11 Å². The Morgan fingerprint density at radius 3 is 2.39 bits per heavy atom. The fraction of sp³-hybridized carbons (Fsp3) is 0.250. The van der Waals surface area contributed by atoms with Crippen molar-refractivity contribution in [1.29, 1.82) is 0 Å². The predicted molar refractivity (Wildman–Crippen MR) is 98.7 cm³/mol. The van der Waals surface area contributed by atoms with Crippen molar-refractivity contribution in [1.82, 2.24) is 14.8 Å². The number of fused-ring (bicyclic) bond motifs is 1. The first-order chi connectivity index (χ1) is 13.4. The molecule has 0 saturated heterocycles. The second-order valence-electron chi connectivity index (χ2n) is 6.43. The van der Waals surface area contributed by atoms with Gasteiger partial charge in [0, 0.05) is 24.5 Å². The van der Waals surface area contributed by atoms with Crippen molar-refractivity contribution in [2.75, 3.05) is 13.1 Å². The Morgan fingerprint density at radius 1 is 1.07 bits per heavy atom. The molecule has 0 saturated carbocycles. The van der Waals surface area contributed by atoms with Gasteiger partial charge in [0.15, 0.2) is 0 Å². The van der Waals surface area contributed by atoms with Gasteiger partial charge >= 0.3 is 5.97 Å². The highest BCUT2D eigenvalue weighted by atomic mass is 16.4. The number of aromatic nitrogens is 1. The lowest BCUT2D eigenvalue weighted by atomic mass is 10.0. The highest BCUT2D eigenvalue weighted by molar-refractivity contribution is 6.22. The number of carbonyl (C=O) groups is 4. The molecule has 0 aliphatic carbocycles. The molecule has 0 atom stereocenters. The quantitative estimate of drug-likeness (QED) is 0.733. The number of imide groups is 1. The molecule has 8 heteroatoms. The van der Waals surface area contributed by atoms with Gasteiger partial charge in [-0.1, -0.05) is 6.92 Å². The van der Waals surface area contributed by atoms with Crippen molar-refractivity contribution < 1.29 is 24.3 Å². The Balaban J connectivity index is 1.86. The molecule has 1 N–H and O–H groups in total. The summed E-state index contributed by atoms with van der Waals surface area (Å²) >= 11 is 0. The van der Waals surface area contributed by atoms with Gasteiger partial charge in [0.2, 0.25) is 0 Å². The first-order valence-corrected chi connectivity index (χ1v) is 8.82. The zero-order chi connectivity index (χ0) is 20.3. The standard InChI is InChI=1S/C20H19N3O5/c1-2-9-22(12-17(24)25)18(26)14-3-4-15-16(10-14)20(28)23(19(15)27)11-13-5-7-21-8-6-13/h3-8,10H,2,9,11-12H2,1H3,(H,24,25). The van der Waals surface area contributed by atoms with Crippen molar-refractivity contribution >= 4 is 23.7 Å². The molecule has 1 aliphatic rings. The lowest BCUT2D eigenvalue weighted by Crippen LogP contribution is -2.36. The van der Waals surface area contributed by atoms with Gasteiger partial charge in [-0.2, -0.15) is 0 Å². The Kier molecular flexibility index (Phi) is 5.49. The van der Waals surface area contributed by atoms with Gasteiger partial charge < -0.3 is 10.0 Å². The summed E-state index contributed by atoms with van der Waals surface area (Å²) in [6, 6.07) is 7.70. The van der Waals surface area contributed by atoms with E-state index in [-0.39, 0.29) is 29.8 Å². The Labute approximate surface area is 161 Å². The van der Waals surface area contributed by atoms with Crippen molar-refractivity contribution in [3.63, 3.8) is 0 Å². The molecule has 2 heterocycles. The molecule has 1 aromatic carbocycles. The van der Waals surface area contributed by atoms with Crippen LogP contribution in [-0.2, 0) is 11.3 Å². The number of carbonyl (C=O) groups excluding carboxylic acids is 3. The van der Waals surface area contributed by atoms with Crippen LogP contribution in [0.15, 0.2) is 42.7 Å². The summed E-state index contributed by atoms with van der Waals surface area (Å²) in [5, 5.41) is 9.01. The zero-order valence-corrected chi connectivity index (χ0v) is 15.3. The van der Waals surface area contributed by atoms with Crippen LogP contribution in [0.25, 0.3) is 0 Å². The van der Waals surface area contributed by atoms with E-state index in [9.17, 15) is 19.2 Å². The van der Waals surface area contributed by atoms with E-state index < -0.39 is 30.2 Å². The molecular formula is C20H19N3O5. The second kappa shape index (κ2) is 7.99. The number of carboxylic acids is 1. The molecule has 0 fully saturated rings. The Hall–Kier alpha value is -3.55. The van der Waals surface area contributed by atoms with E-state index in [1.165, 1.54) is 23.1 Å². The van der Waals surface area contributed by atoms with E-state index in [0.29, 0.717) is 6.42 Å². The first-order valence-electron chi connectivity index (χ1n) is 8.82. The number of rotatable bonds is 7. The topological polar surface area (TPSA) is 108 Å². The summed E-state index contributed by atoms with van der Waals surface area (Å²) in [5.41, 5.74) is 1.32. The van der Waals surface area contributed by atoms with Crippen LogP contribution in [0.1, 0.15) is 50.0 Å². The molecule has 3 rings (SSSR count). The predicted octanol–water partition coefficient (Wildman–Crippen LogP) is 1.81. The summed E-state index contributed by atoms with van der Waals surface area (Å²) in [6.07, 6.45) is 3.76. The van der Waals surface area contributed by atoms with Gasteiger partial charge in [-0.25, -0.2) is 0 Å². The summed E-state index contributed by atoms with van der Waals surface area (Å²) in [4.78, 5) is 55.3. The second-order valence-corrected chi connectivity index (χ2v) is 6.43. The number of pyridine rings is 1. The average Bonchev–Trinajstić information content (AvgIpc) is 2.92. The number of aliphatic carboxylic acids is 1. The molecule has 2 aromatic rings. The molecule has 28 heavy (non-hydrogen) atoms. The lowest BCUT2D eigenvalue weighted by molar-refractivity contribution is -0.137. The lowest BCUT2D eigenvalue weighted by Gasteiger charge is -2.20. The molecule has 0 radical (unpaired) electrons. The largest absolute Gasteiger partial charge is 0.480 e. The van der Waals surface area contributed by atoms with Gasteiger partial charge in [-0.05, 0) is 42.3 Å². The third kappa shape index (κ3) is 3.75. The third-order valence-electron chi connectivity index (χ3n) is 4.41. The van der Waals surface area contributed by atoms with Gasteiger partial charge in [0.1, 0.15) is 6.54 Å². The number of amides is 3. The maximum absolute atomic E-state index is 12.7. The van der Waals surface area contributed by atoms with Gasteiger partial charge in [0.25, 0.3) is 17.7 Å². The molecule has 144 valence electrons. The summed E-state index contributed by atoms with van der Waals surface area (Å²) < 4.78 is 0. The zero-order valence-electron chi connectivity index (χ0n) is 15.3. The van der Waals surface area contributed by atoms with Crippen molar-refractivity contribution in [3.05, 3.63) is 65.0 Å². The fourth-order valence-electron chi connectivity index (χ4n) is 3.11. The third-order valence-corrected chi connectivity index (χ3v) is 4.41. The van der Waals surface area contributed by atoms with Gasteiger partial charge in [-0.15, -0.1) is 0 Å². The van der Waals surface area contributed by atoms with Crippen molar-refractivity contribution in [2.24, 2.45) is 0 Å². The SMILES string of the molecule is CCCN(CC(=O)O)C(=O)c1ccc2c(c1)C(=O)N(Cc1ccncc1)C2=O. The summed E-state index contributed by atoms with van der Waals surface area (Å²) in [6.45, 7) is 1.80. The number of hydrogen-bond acceptors (Lipinski definition) is 5. The van der Waals surface area contributed by atoms with E-state index >= 15 is 0 Å². The van der Waals surface area contributed by atoms with Crippen LogP contribution < -0.4 is 0 Å². The molecule has 0 unspecified atom stereocenters. The minimum absolute atomic E-state index is 0.110. The van der Waals surface area contributed by atoms with Gasteiger partial charge in [-0.3, -0.25) is 29.1 Å². The Morgan fingerprint density at radius 2 is 1.75 bits per heavy atom. The van der Waals surface area contributed by atoms with Crippen LogP contribution in [0.4, 0.5) is 0 Å². The number of nitrogens with zero attached hydrogens (tertiary/aromatic N) is 3. The highest BCUT2D eigenvalue weighted by Gasteiger charge is 2.36. The van der Waals surface area contributed by atoms with E-state index in [1.807, 2.05) is 6.92 Å². The minimum atomic E-state index is -1.11. The number of carboxylic acid groups (broad SMARTS) is 1. The van der Waals surface area contributed by atoms with Crippen LogP contribution in [0.5, 0.6) is 0 Å². The van der Waals surface area contributed by atoms with Gasteiger partial charge in [0.05, 0.1) is 17.7 Å². The molecule has 8 nitrogen and oxygen atoms in total. The molecule has 0 spiro atoms. The maximum Gasteiger partial charge on any atom is 0.323 e. The maximum atomic E-state index is 12.7. The van der Waals surface area contributed by atoms with Crippen molar-refractivity contribution in [2.45, 2.75) is 19.9 Å². The van der Waals surface area contributed by atoms with E-state index in [1.54, 1.807) is 24.5 Å². The number of benzene rings is 1. The Bertz CT molecular complexity index is 942. The minimum Gasteiger partial charge on any atom is -0.480 e. The molecule has 3 amide bonds. The van der Waals surface area contributed by atoms with Crippen LogP contribution in [0.3, 0.4) is 0 Å². The molecule has 1 aromatic heterocycles. The first kappa shape index (κ1) is 19.2. The number of hydrogen-bond donors (Lipinski definition) is 1. The highest BCUT2D eigenvalue weighted by Crippen LogP contribution is 2.26. The molecule has 1 aliphatic heterocycles. The molecular weight excluding hydrogens is 362 g/mol. The average molecular weight is 381 g/mol. The smallest absolute Gasteiger partial charge is 0.323 e. The fourth-order valence-corrected chi connectivity index (χ4v) is 3.11. The molecule has 0 bridgehead atoms. The normalized spacial score (nSPS) is 12.8. The van der Waals surface area contributed by atoms with E-state index in [0.717, 1.165) is 10.5 Å². The summed E-state index contributed by atoms with van der Waals surface area (Å²) in [5.74, 6) is -2.50. The van der Waals surface area contributed by atoms with Crippen LogP contribution >= 0.6 is 0 Å². The summed E-state index contributed by atoms with van der Waals surface area (Å²) in [7, 11) is 0. The van der Waals surface area contributed by atoms with Crippen LogP contribution in [0, 0.1) is 0 Å². The van der Waals surface area contributed by atoms with E-state index in [2.05, 4.69) is 4.98 Å². The van der Waals surface area contributed by atoms with Crippen LogP contribution in [0.2, 0.25) is 0 Å². The van der Waals surface area contributed by atoms with Crippen LogP contribution in [-0.4, -0.2) is 56.7 Å².